The van der Waals surface area contributed by atoms with Gasteiger partial charge in [-0.2, -0.15) is 0 Å². The van der Waals surface area contributed by atoms with Crippen LogP contribution in [-0.4, -0.2) is 30.9 Å². The lowest BCUT2D eigenvalue weighted by Gasteiger charge is -2.58. The molecule has 0 aliphatic heterocycles. The van der Waals surface area contributed by atoms with Crippen LogP contribution in [-0.2, 0) is 4.79 Å². The monoisotopic (exact) mass is 290 g/mol. The quantitative estimate of drug-likeness (QED) is 0.865. The Morgan fingerprint density at radius 3 is 2.00 bits per heavy atom. The van der Waals surface area contributed by atoms with Crippen LogP contribution >= 0.6 is 0 Å². The van der Waals surface area contributed by atoms with Gasteiger partial charge in [-0.1, -0.05) is 6.42 Å². The zero-order chi connectivity index (χ0) is 14.7. The minimum absolute atomic E-state index is 0.197. The summed E-state index contributed by atoms with van der Waals surface area (Å²) in [6, 6.07) is 0. The molecule has 0 heterocycles. The lowest BCUT2D eigenvalue weighted by atomic mass is 9.49. The maximum Gasteiger partial charge on any atom is 0.229 e. The van der Waals surface area contributed by atoms with Crippen molar-refractivity contribution < 1.29 is 4.79 Å². The van der Waals surface area contributed by atoms with Crippen LogP contribution in [0.5, 0.6) is 0 Å². The molecule has 0 spiro atoms. The highest BCUT2D eigenvalue weighted by atomic mass is 16.2. The van der Waals surface area contributed by atoms with Gasteiger partial charge in [-0.05, 0) is 74.5 Å². The summed E-state index contributed by atoms with van der Waals surface area (Å²) in [4.78, 5) is 14.9. The fraction of sp³-hybridized carbons (Fsp3) is 0.944. The number of amides is 1. The molecule has 0 atom stereocenters. The van der Waals surface area contributed by atoms with Gasteiger partial charge in [-0.3, -0.25) is 4.79 Å². The molecule has 0 radical (unpaired) electrons. The molecule has 5 fully saturated rings. The van der Waals surface area contributed by atoms with Crippen LogP contribution in [0.25, 0.3) is 0 Å². The van der Waals surface area contributed by atoms with Crippen LogP contribution in [0.4, 0.5) is 0 Å². The van der Waals surface area contributed by atoms with Gasteiger partial charge in [0.2, 0.25) is 5.91 Å². The van der Waals surface area contributed by atoms with Gasteiger partial charge in [0.05, 0.1) is 5.41 Å². The summed E-state index contributed by atoms with van der Waals surface area (Å²) in [6.45, 7) is 1.54. The number of rotatable bonds is 4. The SMILES string of the molecule is CN(CC12CC3CC(CC(C3)C1)C2)C(=O)C1(CN)CCC1. The molecule has 2 N–H and O–H groups in total. The molecular formula is C18H30N2O. The molecular weight excluding hydrogens is 260 g/mol. The minimum atomic E-state index is -0.197. The third-order valence-corrected chi connectivity index (χ3v) is 7.24. The molecule has 118 valence electrons. The van der Waals surface area contributed by atoms with Crippen molar-refractivity contribution >= 4 is 5.91 Å². The molecule has 0 unspecified atom stereocenters. The van der Waals surface area contributed by atoms with Crippen molar-refractivity contribution in [3.63, 3.8) is 0 Å². The number of hydrogen-bond donors (Lipinski definition) is 1. The van der Waals surface area contributed by atoms with Crippen LogP contribution in [0.3, 0.4) is 0 Å². The maximum atomic E-state index is 12.8. The fourth-order valence-corrected chi connectivity index (χ4v) is 6.57. The van der Waals surface area contributed by atoms with E-state index in [1.807, 2.05) is 7.05 Å². The Balaban J connectivity index is 1.47. The van der Waals surface area contributed by atoms with Crippen LogP contribution < -0.4 is 5.73 Å². The average molecular weight is 290 g/mol. The molecule has 0 aromatic heterocycles. The predicted molar refractivity (Wildman–Crippen MR) is 83.6 cm³/mol. The number of carbonyl (C=O) groups is 1. The zero-order valence-corrected chi connectivity index (χ0v) is 13.4. The molecule has 3 heteroatoms. The van der Waals surface area contributed by atoms with Gasteiger partial charge in [0.25, 0.3) is 0 Å². The fourth-order valence-electron chi connectivity index (χ4n) is 6.57. The first-order chi connectivity index (χ1) is 10.0. The summed E-state index contributed by atoms with van der Waals surface area (Å²) in [5.41, 5.74) is 6.18. The Morgan fingerprint density at radius 1 is 1.10 bits per heavy atom. The van der Waals surface area contributed by atoms with Gasteiger partial charge in [0.15, 0.2) is 0 Å². The Labute approximate surface area is 128 Å². The molecule has 0 aromatic carbocycles. The molecule has 3 nitrogen and oxygen atoms in total. The highest BCUT2D eigenvalue weighted by Crippen LogP contribution is 2.60. The molecule has 4 bridgehead atoms. The number of hydrogen-bond acceptors (Lipinski definition) is 2. The normalized spacial score (nSPS) is 42.7. The molecule has 5 saturated carbocycles. The maximum absolute atomic E-state index is 12.8. The molecule has 0 saturated heterocycles. The lowest BCUT2D eigenvalue weighted by Crippen LogP contribution is -2.56. The Kier molecular flexibility index (Phi) is 3.15. The van der Waals surface area contributed by atoms with E-state index in [9.17, 15) is 4.79 Å². The zero-order valence-electron chi connectivity index (χ0n) is 13.4. The summed E-state index contributed by atoms with van der Waals surface area (Å²) in [5, 5.41) is 0. The second kappa shape index (κ2) is 4.71. The van der Waals surface area contributed by atoms with Crippen molar-refractivity contribution in [3.8, 4) is 0 Å². The molecule has 21 heavy (non-hydrogen) atoms. The summed E-state index contributed by atoms with van der Waals surface area (Å²) in [7, 11) is 2.04. The summed E-state index contributed by atoms with van der Waals surface area (Å²) < 4.78 is 0. The first-order valence-corrected chi connectivity index (χ1v) is 9.00. The van der Waals surface area contributed by atoms with Crippen molar-refractivity contribution in [3.05, 3.63) is 0 Å². The van der Waals surface area contributed by atoms with Crippen LogP contribution in [0.1, 0.15) is 57.8 Å². The van der Waals surface area contributed by atoms with E-state index in [0.717, 1.165) is 37.1 Å². The predicted octanol–water partition coefficient (Wildman–Crippen LogP) is 2.79. The Hall–Kier alpha value is -0.570. The van der Waals surface area contributed by atoms with E-state index in [-0.39, 0.29) is 5.41 Å². The van der Waals surface area contributed by atoms with E-state index >= 15 is 0 Å². The minimum Gasteiger partial charge on any atom is -0.345 e. The third-order valence-electron chi connectivity index (χ3n) is 7.24. The summed E-state index contributed by atoms with van der Waals surface area (Å²) >= 11 is 0. The number of carbonyl (C=O) groups excluding carboxylic acids is 1. The standard InChI is InChI=1S/C18H30N2O/c1-20(16(21)18(11-19)3-2-4-18)12-17-8-13-5-14(9-17)7-15(6-13)10-17/h13-15H,2-12,19H2,1H3. The second-order valence-corrected chi connectivity index (χ2v) is 8.92. The molecule has 5 aliphatic rings. The van der Waals surface area contributed by atoms with E-state index in [1.165, 1.54) is 44.9 Å². The van der Waals surface area contributed by atoms with Gasteiger partial charge < -0.3 is 10.6 Å². The van der Waals surface area contributed by atoms with E-state index in [4.69, 9.17) is 5.73 Å². The third kappa shape index (κ3) is 2.15. The summed E-state index contributed by atoms with van der Waals surface area (Å²) in [5.74, 6) is 3.23. The van der Waals surface area contributed by atoms with Crippen molar-refractivity contribution in [2.24, 2.45) is 34.3 Å². The van der Waals surface area contributed by atoms with Gasteiger partial charge in [0, 0.05) is 20.1 Å². The average Bonchev–Trinajstić information content (AvgIpc) is 2.35. The van der Waals surface area contributed by atoms with Crippen molar-refractivity contribution in [1.82, 2.24) is 4.90 Å². The van der Waals surface area contributed by atoms with Crippen LogP contribution in [0, 0.1) is 28.6 Å². The van der Waals surface area contributed by atoms with Gasteiger partial charge in [-0.25, -0.2) is 0 Å². The van der Waals surface area contributed by atoms with E-state index in [2.05, 4.69) is 4.90 Å². The van der Waals surface area contributed by atoms with E-state index in [1.54, 1.807) is 0 Å². The first-order valence-electron chi connectivity index (χ1n) is 9.00. The Bertz CT molecular complexity index is 400. The molecule has 5 aliphatic carbocycles. The lowest BCUT2D eigenvalue weighted by molar-refractivity contribution is -0.150. The largest absolute Gasteiger partial charge is 0.345 e. The van der Waals surface area contributed by atoms with Gasteiger partial charge >= 0.3 is 0 Å². The van der Waals surface area contributed by atoms with Gasteiger partial charge in [-0.15, -0.1) is 0 Å². The highest BCUT2D eigenvalue weighted by Gasteiger charge is 2.52. The van der Waals surface area contributed by atoms with Crippen LogP contribution in [0.15, 0.2) is 0 Å². The van der Waals surface area contributed by atoms with Crippen molar-refractivity contribution in [1.29, 1.82) is 0 Å². The number of nitrogens with zero attached hydrogens (tertiary/aromatic N) is 1. The smallest absolute Gasteiger partial charge is 0.229 e. The van der Waals surface area contributed by atoms with Crippen molar-refractivity contribution in [2.75, 3.05) is 20.1 Å². The second-order valence-electron chi connectivity index (χ2n) is 8.92. The van der Waals surface area contributed by atoms with E-state index in [0.29, 0.717) is 17.9 Å². The summed E-state index contributed by atoms with van der Waals surface area (Å²) in [6.07, 6.45) is 11.8. The van der Waals surface area contributed by atoms with Crippen molar-refractivity contribution in [2.45, 2.75) is 57.8 Å². The molecule has 0 aromatic rings. The van der Waals surface area contributed by atoms with Gasteiger partial charge in [0.1, 0.15) is 0 Å². The highest BCUT2D eigenvalue weighted by molar-refractivity contribution is 5.83. The van der Waals surface area contributed by atoms with Crippen LogP contribution in [0.2, 0.25) is 0 Å². The molecule has 5 rings (SSSR count). The molecule has 1 amide bonds. The first kappa shape index (κ1) is 14.0. The Morgan fingerprint density at radius 2 is 1.62 bits per heavy atom. The topological polar surface area (TPSA) is 46.3 Å². The van der Waals surface area contributed by atoms with E-state index < -0.39 is 0 Å². The number of nitrogens with two attached hydrogens (primary N) is 1.